The quantitative estimate of drug-likeness (QED) is 0.439. The average Bonchev–Trinajstić information content (AvgIpc) is 2.69. The van der Waals surface area contributed by atoms with Crippen molar-refractivity contribution in [1.29, 1.82) is 0 Å². The Kier molecular flexibility index (Phi) is 4.67. The number of azo groups is 1. The zero-order valence-electron chi connectivity index (χ0n) is 10.1. The molecule has 1 saturated heterocycles. The van der Waals surface area contributed by atoms with Gasteiger partial charge in [-0.1, -0.05) is 12.2 Å². The Balaban J connectivity index is 1.89. The first-order chi connectivity index (χ1) is 8.89. The molecular formula is C10H13Br2N5OS. The lowest BCUT2D eigenvalue weighted by molar-refractivity contribution is -0.132. The maximum Gasteiger partial charge on any atom is 0.236 e. The van der Waals surface area contributed by atoms with Gasteiger partial charge in [0.05, 0.1) is 11.4 Å². The average molecular weight is 411 g/mol. The molecule has 2 aliphatic rings. The smallest absolute Gasteiger partial charge is 0.236 e. The number of nitrogens with two attached hydrogens (primary N) is 1. The number of carbonyl (C=O) groups excluding carboxylic acids is 1. The van der Waals surface area contributed by atoms with Crippen molar-refractivity contribution >= 4 is 59.7 Å². The third-order valence-electron chi connectivity index (χ3n) is 3.18. The van der Waals surface area contributed by atoms with Crippen LogP contribution in [0.5, 0.6) is 0 Å². The van der Waals surface area contributed by atoms with E-state index < -0.39 is 4.57 Å². The van der Waals surface area contributed by atoms with Crippen LogP contribution >= 0.6 is 44.1 Å². The van der Waals surface area contributed by atoms with Crippen LogP contribution in [0.3, 0.4) is 0 Å². The number of nitrogens with zero attached hydrogens (tertiary/aromatic N) is 4. The normalized spacial score (nSPS) is 27.5. The van der Waals surface area contributed by atoms with Crippen molar-refractivity contribution in [2.24, 2.45) is 26.9 Å². The molecule has 0 radical (unpaired) electrons. The van der Waals surface area contributed by atoms with Gasteiger partial charge in [0, 0.05) is 19.0 Å². The summed E-state index contributed by atoms with van der Waals surface area (Å²) in [5, 5.41) is 7.69. The summed E-state index contributed by atoms with van der Waals surface area (Å²) in [6.07, 6.45) is 1.80. The van der Waals surface area contributed by atoms with Crippen LogP contribution in [0.15, 0.2) is 15.2 Å². The van der Waals surface area contributed by atoms with Crippen LogP contribution in [0.2, 0.25) is 0 Å². The van der Waals surface area contributed by atoms with E-state index in [0.717, 1.165) is 12.8 Å². The maximum absolute atomic E-state index is 12.2. The van der Waals surface area contributed by atoms with Crippen LogP contribution in [-0.4, -0.2) is 38.2 Å². The van der Waals surface area contributed by atoms with Crippen LogP contribution in [0.4, 0.5) is 0 Å². The summed E-state index contributed by atoms with van der Waals surface area (Å²) in [6.45, 7) is 1.35. The van der Waals surface area contributed by atoms with Gasteiger partial charge in [0.15, 0.2) is 0 Å². The van der Waals surface area contributed by atoms with E-state index in [0.29, 0.717) is 22.8 Å². The lowest BCUT2D eigenvalue weighted by atomic mass is 9.97. The van der Waals surface area contributed by atoms with E-state index in [1.165, 1.54) is 0 Å². The minimum Gasteiger partial charge on any atom is -0.393 e. The van der Waals surface area contributed by atoms with Crippen molar-refractivity contribution in [2.75, 3.05) is 13.1 Å². The van der Waals surface area contributed by atoms with Crippen molar-refractivity contribution in [1.82, 2.24) is 4.90 Å². The van der Waals surface area contributed by atoms with E-state index in [4.69, 9.17) is 18.0 Å². The highest BCUT2D eigenvalue weighted by atomic mass is 79.9. The molecule has 0 spiro atoms. The third kappa shape index (κ3) is 3.79. The Morgan fingerprint density at radius 1 is 1.53 bits per heavy atom. The second-order valence-corrected chi connectivity index (χ2v) is 6.98. The topological polar surface area (TPSA) is 83.4 Å². The largest absolute Gasteiger partial charge is 0.393 e. The lowest BCUT2D eigenvalue weighted by Crippen LogP contribution is -2.42. The molecule has 2 aliphatic heterocycles. The summed E-state index contributed by atoms with van der Waals surface area (Å²) in [4.78, 5) is 18.7. The molecule has 104 valence electrons. The third-order valence-corrected chi connectivity index (χ3v) is 4.46. The summed E-state index contributed by atoms with van der Waals surface area (Å²) in [6, 6.07) is 0. The van der Waals surface area contributed by atoms with Crippen LogP contribution in [-0.2, 0) is 4.79 Å². The zero-order valence-corrected chi connectivity index (χ0v) is 14.0. The minimum absolute atomic E-state index is 0.00293. The van der Waals surface area contributed by atoms with Gasteiger partial charge in [-0.25, -0.2) is 4.99 Å². The van der Waals surface area contributed by atoms with Crippen molar-refractivity contribution in [2.45, 2.75) is 23.8 Å². The van der Waals surface area contributed by atoms with E-state index in [2.05, 4.69) is 47.1 Å². The summed E-state index contributed by atoms with van der Waals surface area (Å²) in [7, 11) is 0. The predicted octanol–water partition coefficient (Wildman–Crippen LogP) is 2.17. The highest BCUT2D eigenvalue weighted by molar-refractivity contribution is 9.18. The molecule has 9 heteroatoms. The molecule has 19 heavy (non-hydrogen) atoms. The van der Waals surface area contributed by atoms with Crippen LogP contribution in [0.25, 0.3) is 0 Å². The SMILES string of the molecule is NC(=S)C1CCN(C(=O)CC2(Br)N=NC(Br)=N2)CC1. The maximum atomic E-state index is 12.2. The molecule has 0 aromatic rings. The van der Waals surface area contributed by atoms with E-state index in [1.807, 2.05) is 0 Å². The van der Waals surface area contributed by atoms with Gasteiger partial charge in [-0.3, -0.25) is 4.79 Å². The molecule has 1 amide bonds. The summed E-state index contributed by atoms with van der Waals surface area (Å²) in [5.74, 6) is 0.249. The number of halogens is 2. The number of hydrogen-bond acceptors (Lipinski definition) is 5. The van der Waals surface area contributed by atoms with Crippen LogP contribution in [0, 0.1) is 5.92 Å². The number of rotatable bonds is 3. The van der Waals surface area contributed by atoms with E-state index in [-0.39, 0.29) is 18.2 Å². The molecule has 0 aliphatic carbocycles. The lowest BCUT2D eigenvalue weighted by Gasteiger charge is -2.32. The molecule has 2 heterocycles. The molecule has 1 atom stereocenters. The molecule has 0 aromatic carbocycles. The molecule has 2 N–H and O–H groups in total. The Labute approximate surface area is 133 Å². The molecule has 0 bridgehead atoms. The fourth-order valence-corrected chi connectivity index (χ4v) is 3.43. The van der Waals surface area contributed by atoms with Gasteiger partial charge in [-0.05, 0) is 44.7 Å². The predicted molar refractivity (Wildman–Crippen MR) is 83.6 cm³/mol. The number of aliphatic imine (C=N–C) groups is 1. The number of amides is 1. The number of hydrogen-bond donors (Lipinski definition) is 1. The zero-order chi connectivity index (χ0) is 14.0. The van der Waals surface area contributed by atoms with E-state index in [9.17, 15) is 4.79 Å². The van der Waals surface area contributed by atoms with Crippen molar-refractivity contribution < 1.29 is 4.79 Å². The van der Waals surface area contributed by atoms with Gasteiger partial charge in [-0.15, -0.1) is 10.2 Å². The second-order valence-electron chi connectivity index (χ2n) is 4.53. The van der Waals surface area contributed by atoms with Gasteiger partial charge >= 0.3 is 0 Å². The standard InChI is InChI=1S/C10H13Br2N5OS/c11-9-14-10(12,16-15-9)5-7(18)17-3-1-6(2-4-17)8(13)19/h6H,1-5H2,(H2,13,19). The number of amidine groups is 1. The Hall–Kier alpha value is -0.410. The van der Waals surface area contributed by atoms with E-state index >= 15 is 0 Å². The molecule has 0 aromatic heterocycles. The molecule has 1 fully saturated rings. The fraction of sp³-hybridized carbons (Fsp3) is 0.700. The second kappa shape index (κ2) is 5.92. The van der Waals surface area contributed by atoms with Gasteiger partial charge in [0.1, 0.15) is 0 Å². The summed E-state index contributed by atoms with van der Waals surface area (Å²) in [5.41, 5.74) is 5.63. The molecular weight excluding hydrogens is 398 g/mol. The van der Waals surface area contributed by atoms with Gasteiger partial charge in [0.2, 0.25) is 15.2 Å². The van der Waals surface area contributed by atoms with Crippen molar-refractivity contribution in [3.63, 3.8) is 0 Å². The Bertz CT molecular complexity index is 461. The first kappa shape index (κ1) is 15.0. The van der Waals surface area contributed by atoms with Crippen LogP contribution < -0.4 is 5.73 Å². The molecule has 1 unspecified atom stereocenters. The van der Waals surface area contributed by atoms with Crippen molar-refractivity contribution in [3.05, 3.63) is 0 Å². The highest BCUT2D eigenvalue weighted by Crippen LogP contribution is 2.33. The van der Waals surface area contributed by atoms with E-state index in [1.54, 1.807) is 4.90 Å². The van der Waals surface area contributed by atoms with Crippen LogP contribution in [0.1, 0.15) is 19.3 Å². The number of carbonyl (C=O) groups is 1. The van der Waals surface area contributed by atoms with Gasteiger partial charge in [0.25, 0.3) is 0 Å². The van der Waals surface area contributed by atoms with Gasteiger partial charge in [-0.2, -0.15) is 0 Å². The first-order valence-corrected chi connectivity index (χ1v) is 7.83. The summed E-state index contributed by atoms with van der Waals surface area (Å²) < 4.78 is -0.562. The monoisotopic (exact) mass is 409 g/mol. The molecule has 6 nitrogen and oxygen atoms in total. The Morgan fingerprint density at radius 2 is 2.16 bits per heavy atom. The first-order valence-electron chi connectivity index (χ1n) is 5.84. The molecule has 2 rings (SSSR count). The number of piperidine rings is 1. The Morgan fingerprint density at radius 3 is 2.63 bits per heavy atom. The van der Waals surface area contributed by atoms with Crippen molar-refractivity contribution in [3.8, 4) is 0 Å². The van der Waals surface area contributed by atoms with Gasteiger partial charge < -0.3 is 10.6 Å². The summed E-state index contributed by atoms with van der Waals surface area (Å²) >= 11 is 11.4. The minimum atomic E-state index is -0.955. The number of alkyl halides is 1. The number of thiocarbonyl (C=S) groups is 1. The molecule has 0 saturated carbocycles. The number of likely N-dealkylation sites (tertiary alicyclic amines) is 1. The highest BCUT2D eigenvalue weighted by Gasteiger charge is 2.35. The fourth-order valence-electron chi connectivity index (χ4n) is 2.10.